The summed E-state index contributed by atoms with van der Waals surface area (Å²) in [6.45, 7) is 0. The molecule has 3 rings (SSSR count). The molecule has 0 spiro atoms. The molecule has 1 heterocycles. The van der Waals surface area contributed by atoms with Crippen molar-refractivity contribution in [1.29, 1.82) is 0 Å². The zero-order chi connectivity index (χ0) is 15.5. The number of nitrogens with one attached hydrogen (secondary N) is 1. The standard InChI is InChI=1S/C16H13FN2O3/c17-13-6-4-10(5-7-13)8-14-18-15(19-22-14)11-2-1-3-12(9-11)16(20)21/h1-7,9,14H,8H2,(H,18,19)(H,20,21). The van der Waals surface area contributed by atoms with Gasteiger partial charge in [0, 0.05) is 12.0 Å². The van der Waals surface area contributed by atoms with Gasteiger partial charge in [0.05, 0.1) is 5.56 Å². The number of benzene rings is 2. The van der Waals surface area contributed by atoms with Crippen molar-refractivity contribution >= 4 is 11.8 Å². The number of carboxylic acid groups (broad SMARTS) is 1. The van der Waals surface area contributed by atoms with Crippen LogP contribution in [0.3, 0.4) is 0 Å². The van der Waals surface area contributed by atoms with E-state index in [1.165, 1.54) is 24.3 Å². The molecular weight excluding hydrogens is 287 g/mol. The largest absolute Gasteiger partial charge is 0.478 e. The monoisotopic (exact) mass is 300 g/mol. The predicted octanol–water partition coefficient (Wildman–Crippen LogP) is 2.37. The Morgan fingerprint density at radius 3 is 2.77 bits per heavy atom. The van der Waals surface area contributed by atoms with Crippen molar-refractivity contribution in [2.24, 2.45) is 4.99 Å². The van der Waals surface area contributed by atoms with Crippen LogP contribution in [-0.4, -0.2) is 23.1 Å². The fraction of sp³-hybridized carbons (Fsp3) is 0.125. The zero-order valence-corrected chi connectivity index (χ0v) is 11.5. The Bertz CT molecular complexity index is 728. The number of halogens is 1. The molecule has 2 aromatic rings. The normalized spacial score (nSPS) is 17.0. The molecule has 1 aliphatic rings. The van der Waals surface area contributed by atoms with E-state index in [1.807, 2.05) is 0 Å². The van der Waals surface area contributed by atoms with Gasteiger partial charge in [0.15, 0.2) is 12.1 Å². The Morgan fingerprint density at radius 2 is 2.05 bits per heavy atom. The topological polar surface area (TPSA) is 70.9 Å². The van der Waals surface area contributed by atoms with Gasteiger partial charge in [0.25, 0.3) is 0 Å². The molecule has 0 fully saturated rings. The van der Waals surface area contributed by atoms with Gasteiger partial charge in [0.1, 0.15) is 5.82 Å². The molecule has 0 radical (unpaired) electrons. The Labute approximate surface area is 126 Å². The number of nitrogens with zero attached hydrogens (tertiary/aromatic N) is 1. The first kappa shape index (κ1) is 14.2. The molecule has 0 bridgehead atoms. The number of hydroxylamine groups is 1. The zero-order valence-electron chi connectivity index (χ0n) is 11.5. The van der Waals surface area contributed by atoms with Gasteiger partial charge >= 0.3 is 5.97 Å². The summed E-state index contributed by atoms with van der Waals surface area (Å²) in [6, 6.07) is 12.6. The average molecular weight is 300 g/mol. The molecule has 0 saturated carbocycles. The summed E-state index contributed by atoms with van der Waals surface area (Å²) in [6.07, 6.45) is 0.0593. The van der Waals surface area contributed by atoms with Crippen LogP contribution < -0.4 is 5.48 Å². The van der Waals surface area contributed by atoms with E-state index in [-0.39, 0.29) is 11.4 Å². The lowest BCUT2D eigenvalue weighted by Crippen LogP contribution is -2.20. The third-order valence-corrected chi connectivity index (χ3v) is 3.27. The second kappa shape index (κ2) is 5.95. The molecule has 1 unspecified atom stereocenters. The molecule has 0 saturated heterocycles. The molecule has 112 valence electrons. The van der Waals surface area contributed by atoms with Crippen LogP contribution in [0.4, 0.5) is 4.39 Å². The van der Waals surface area contributed by atoms with Crippen LogP contribution in [0, 0.1) is 5.82 Å². The summed E-state index contributed by atoms with van der Waals surface area (Å²) >= 11 is 0. The Morgan fingerprint density at radius 1 is 1.27 bits per heavy atom. The van der Waals surface area contributed by atoms with Gasteiger partial charge in [-0.05, 0) is 29.8 Å². The second-order valence-electron chi connectivity index (χ2n) is 4.87. The van der Waals surface area contributed by atoms with Crippen LogP contribution in [0.2, 0.25) is 0 Å². The van der Waals surface area contributed by atoms with E-state index < -0.39 is 12.2 Å². The maximum absolute atomic E-state index is 12.9. The molecule has 22 heavy (non-hydrogen) atoms. The molecule has 1 atom stereocenters. The van der Waals surface area contributed by atoms with Crippen LogP contribution in [0.15, 0.2) is 53.5 Å². The van der Waals surface area contributed by atoms with Crippen LogP contribution in [0.25, 0.3) is 0 Å². The van der Waals surface area contributed by atoms with Crippen LogP contribution in [0.5, 0.6) is 0 Å². The van der Waals surface area contributed by atoms with Gasteiger partial charge in [-0.1, -0.05) is 24.3 Å². The van der Waals surface area contributed by atoms with Gasteiger partial charge in [-0.25, -0.2) is 24.5 Å². The smallest absolute Gasteiger partial charge is 0.335 e. The Kier molecular flexibility index (Phi) is 3.84. The third-order valence-electron chi connectivity index (χ3n) is 3.27. The summed E-state index contributed by atoms with van der Waals surface area (Å²) in [4.78, 5) is 20.7. The fourth-order valence-electron chi connectivity index (χ4n) is 2.16. The third kappa shape index (κ3) is 3.12. The highest BCUT2D eigenvalue weighted by Crippen LogP contribution is 2.15. The SMILES string of the molecule is O=C(O)c1cccc(C2=NC(Cc3ccc(F)cc3)ON2)c1. The van der Waals surface area contributed by atoms with E-state index in [2.05, 4.69) is 10.5 Å². The first-order valence-corrected chi connectivity index (χ1v) is 6.69. The minimum atomic E-state index is -0.996. The van der Waals surface area contributed by atoms with Crippen LogP contribution in [0.1, 0.15) is 21.5 Å². The van der Waals surface area contributed by atoms with Gasteiger partial charge in [-0.15, -0.1) is 0 Å². The molecule has 2 aromatic carbocycles. The Hall–Kier alpha value is -2.73. The highest BCUT2D eigenvalue weighted by Gasteiger charge is 2.20. The molecule has 0 aromatic heterocycles. The van der Waals surface area contributed by atoms with Gasteiger partial charge in [-0.2, -0.15) is 0 Å². The summed E-state index contributed by atoms with van der Waals surface area (Å²) < 4.78 is 12.9. The number of aromatic carboxylic acids is 1. The molecule has 0 aliphatic carbocycles. The molecular formula is C16H13FN2O3. The van der Waals surface area contributed by atoms with Crippen molar-refractivity contribution in [1.82, 2.24) is 5.48 Å². The van der Waals surface area contributed by atoms with E-state index >= 15 is 0 Å². The highest BCUT2D eigenvalue weighted by molar-refractivity contribution is 6.01. The van der Waals surface area contributed by atoms with E-state index in [9.17, 15) is 9.18 Å². The maximum atomic E-state index is 12.9. The number of carbonyl (C=O) groups is 1. The molecule has 1 aliphatic heterocycles. The van der Waals surface area contributed by atoms with E-state index in [0.717, 1.165) is 5.56 Å². The maximum Gasteiger partial charge on any atom is 0.335 e. The van der Waals surface area contributed by atoms with Crippen LogP contribution in [-0.2, 0) is 11.3 Å². The van der Waals surface area contributed by atoms with Crippen molar-refractivity contribution in [2.45, 2.75) is 12.6 Å². The number of hydrogen-bond acceptors (Lipinski definition) is 4. The van der Waals surface area contributed by atoms with Gasteiger partial charge in [-0.3, -0.25) is 0 Å². The molecule has 6 heteroatoms. The van der Waals surface area contributed by atoms with Gasteiger partial charge in [0.2, 0.25) is 0 Å². The van der Waals surface area contributed by atoms with Crippen molar-refractivity contribution in [2.75, 3.05) is 0 Å². The lowest BCUT2D eigenvalue weighted by Gasteiger charge is -2.05. The molecule has 0 amide bonds. The van der Waals surface area contributed by atoms with Crippen molar-refractivity contribution < 1.29 is 19.1 Å². The Balaban J connectivity index is 1.75. The van der Waals surface area contributed by atoms with E-state index in [1.54, 1.807) is 24.3 Å². The molecule has 2 N–H and O–H groups in total. The minimum absolute atomic E-state index is 0.184. The van der Waals surface area contributed by atoms with Crippen molar-refractivity contribution in [3.63, 3.8) is 0 Å². The first-order chi connectivity index (χ1) is 10.6. The van der Waals surface area contributed by atoms with E-state index in [0.29, 0.717) is 17.8 Å². The van der Waals surface area contributed by atoms with Crippen LogP contribution >= 0.6 is 0 Å². The molecule has 5 nitrogen and oxygen atoms in total. The number of carboxylic acids is 1. The number of aliphatic imine (C=N–C) groups is 1. The quantitative estimate of drug-likeness (QED) is 0.909. The highest BCUT2D eigenvalue weighted by atomic mass is 19.1. The predicted molar refractivity (Wildman–Crippen MR) is 78.1 cm³/mol. The first-order valence-electron chi connectivity index (χ1n) is 6.69. The lowest BCUT2D eigenvalue weighted by atomic mass is 10.1. The van der Waals surface area contributed by atoms with Gasteiger partial charge < -0.3 is 5.11 Å². The summed E-state index contributed by atoms with van der Waals surface area (Å²) in [5, 5.41) is 9.00. The number of amidine groups is 1. The number of rotatable bonds is 4. The second-order valence-corrected chi connectivity index (χ2v) is 4.87. The average Bonchev–Trinajstić information content (AvgIpc) is 2.98. The summed E-state index contributed by atoms with van der Waals surface area (Å²) in [5.41, 5.74) is 4.43. The van der Waals surface area contributed by atoms with Crippen molar-refractivity contribution in [3.8, 4) is 0 Å². The van der Waals surface area contributed by atoms with E-state index in [4.69, 9.17) is 9.94 Å². The minimum Gasteiger partial charge on any atom is -0.478 e. The lowest BCUT2D eigenvalue weighted by molar-refractivity contribution is 0.0389. The number of hydrogen-bond donors (Lipinski definition) is 2. The summed E-state index contributed by atoms with van der Waals surface area (Å²) in [5.74, 6) is -0.802. The fourth-order valence-corrected chi connectivity index (χ4v) is 2.16. The van der Waals surface area contributed by atoms with Crippen molar-refractivity contribution in [3.05, 3.63) is 71.0 Å². The summed E-state index contributed by atoms with van der Waals surface area (Å²) in [7, 11) is 0.